The van der Waals surface area contributed by atoms with Crippen molar-refractivity contribution in [1.82, 2.24) is 0 Å². The second-order valence-electron chi connectivity index (χ2n) is 6.46. The minimum atomic E-state index is 0.231. The number of hydrogen-bond acceptors (Lipinski definition) is 2. The molecular weight excluding hydrogens is 234 g/mol. The van der Waals surface area contributed by atoms with Gasteiger partial charge in [-0.25, -0.2) is 0 Å². The van der Waals surface area contributed by atoms with Crippen LogP contribution >= 0.6 is 0 Å². The van der Waals surface area contributed by atoms with E-state index < -0.39 is 0 Å². The summed E-state index contributed by atoms with van der Waals surface area (Å²) in [6.07, 6.45) is 6.07. The zero-order valence-electron chi connectivity index (χ0n) is 12.2. The molecule has 1 aromatic rings. The van der Waals surface area contributed by atoms with E-state index in [4.69, 9.17) is 5.73 Å². The Labute approximate surface area is 117 Å². The van der Waals surface area contributed by atoms with E-state index in [1.165, 1.54) is 25.7 Å². The highest BCUT2D eigenvalue weighted by Gasteiger charge is 2.26. The average molecular weight is 261 g/mol. The van der Waals surface area contributed by atoms with Crippen molar-refractivity contribution in [2.75, 3.05) is 0 Å². The van der Waals surface area contributed by atoms with Crippen LogP contribution in [0.5, 0.6) is 5.75 Å². The van der Waals surface area contributed by atoms with E-state index in [1.54, 1.807) is 6.07 Å². The first-order valence-corrected chi connectivity index (χ1v) is 7.59. The van der Waals surface area contributed by atoms with Crippen LogP contribution in [-0.2, 0) is 6.42 Å². The molecule has 0 aliphatic heterocycles. The molecule has 0 saturated heterocycles. The number of nitrogens with two attached hydrogens (primary N) is 1. The van der Waals surface area contributed by atoms with Crippen molar-refractivity contribution in [3.05, 3.63) is 29.8 Å². The summed E-state index contributed by atoms with van der Waals surface area (Å²) in [5, 5.41) is 9.49. The monoisotopic (exact) mass is 261 g/mol. The fourth-order valence-electron chi connectivity index (χ4n) is 3.36. The molecule has 1 aliphatic rings. The maximum absolute atomic E-state index is 9.49. The van der Waals surface area contributed by atoms with Crippen LogP contribution in [0, 0.1) is 17.8 Å². The molecule has 0 heterocycles. The van der Waals surface area contributed by atoms with E-state index in [-0.39, 0.29) is 6.04 Å². The Balaban J connectivity index is 1.86. The molecule has 0 amide bonds. The molecule has 2 nitrogen and oxygen atoms in total. The first-order chi connectivity index (χ1) is 9.06. The summed E-state index contributed by atoms with van der Waals surface area (Å²) in [7, 11) is 0. The van der Waals surface area contributed by atoms with Gasteiger partial charge in [-0.1, -0.05) is 26.0 Å². The van der Waals surface area contributed by atoms with Gasteiger partial charge in [0.25, 0.3) is 0 Å². The number of hydrogen-bond donors (Lipinski definition) is 2. The third kappa shape index (κ3) is 3.97. The van der Waals surface area contributed by atoms with Crippen LogP contribution in [0.1, 0.15) is 45.1 Å². The third-order valence-electron chi connectivity index (χ3n) is 4.75. The van der Waals surface area contributed by atoms with E-state index in [9.17, 15) is 5.11 Å². The number of aromatic hydroxyl groups is 1. The summed E-state index contributed by atoms with van der Waals surface area (Å²) >= 11 is 0. The molecule has 0 bridgehead atoms. The Morgan fingerprint density at radius 1 is 1.16 bits per heavy atom. The largest absolute Gasteiger partial charge is 0.508 e. The molecule has 0 radical (unpaired) electrons. The van der Waals surface area contributed by atoms with Crippen LogP contribution < -0.4 is 5.73 Å². The van der Waals surface area contributed by atoms with E-state index >= 15 is 0 Å². The predicted octanol–water partition coefficient (Wildman–Crippen LogP) is 3.72. The Bertz CT molecular complexity index is 394. The Morgan fingerprint density at radius 3 is 2.37 bits per heavy atom. The number of rotatable bonds is 4. The van der Waals surface area contributed by atoms with Gasteiger partial charge in [-0.3, -0.25) is 0 Å². The SMILES string of the molecule is CC(C)C1CCC(C(N)Cc2cccc(O)c2)CC1. The molecule has 106 valence electrons. The molecule has 1 aliphatic carbocycles. The lowest BCUT2D eigenvalue weighted by Gasteiger charge is -2.34. The van der Waals surface area contributed by atoms with Crippen LogP contribution in [0.4, 0.5) is 0 Å². The third-order valence-corrected chi connectivity index (χ3v) is 4.75. The maximum Gasteiger partial charge on any atom is 0.115 e. The Morgan fingerprint density at radius 2 is 1.79 bits per heavy atom. The topological polar surface area (TPSA) is 46.2 Å². The zero-order chi connectivity index (χ0) is 13.8. The molecule has 2 heteroatoms. The number of phenolic OH excluding ortho intramolecular Hbond substituents is 1. The summed E-state index contributed by atoms with van der Waals surface area (Å²) in [5.74, 6) is 2.69. The fourth-order valence-corrected chi connectivity index (χ4v) is 3.36. The van der Waals surface area contributed by atoms with Gasteiger partial charge in [0, 0.05) is 6.04 Å². The van der Waals surface area contributed by atoms with Crippen molar-refractivity contribution in [2.45, 2.75) is 52.0 Å². The average Bonchev–Trinajstić information content (AvgIpc) is 2.39. The summed E-state index contributed by atoms with van der Waals surface area (Å²) in [6.45, 7) is 4.66. The molecule has 1 aromatic carbocycles. The summed E-state index contributed by atoms with van der Waals surface area (Å²) < 4.78 is 0. The van der Waals surface area contributed by atoms with E-state index in [2.05, 4.69) is 19.9 Å². The molecule has 1 unspecified atom stereocenters. The highest BCUT2D eigenvalue weighted by Crippen LogP contribution is 2.35. The van der Waals surface area contributed by atoms with E-state index in [1.807, 2.05) is 12.1 Å². The summed E-state index contributed by atoms with van der Waals surface area (Å²) in [5.41, 5.74) is 7.52. The van der Waals surface area contributed by atoms with Crippen molar-refractivity contribution in [1.29, 1.82) is 0 Å². The van der Waals surface area contributed by atoms with Crippen LogP contribution in [0.15, 0.2) is 24.3 Å². The van der Waals surface area contributed by atoms with Crippen molar-refractivity contribution < 1.29 is 5.11 Å². The van der Waals surface area contributed by atoms with Crippen molar-refractivity contribution >= 4 is 0 Å². The highest BCUT2D eigenvalue weighted by molar-refractivity contribution is 5.27. The highest BCUT2D eigenvalue weighted by atomic mass is 16.3. The second kappa shape index (κ2) is 6.42. The summed E-state index contributed by atoms with van der Waals surface area (Å²) in [6, 6.07) is 7.73. The Hall–Kier alpha value is -1.02. The lowest BCUT2D eigenvalue weighted by Crippen LogP contribution is -2.35. The lowest BCUT2D eigenvalue weighted by atomic mass is 9.74. The zero-order valence-corrected chi connectivity index (χ0v) is 12.2. The molecule has 0 spiro atoms. The molecular formula is C17H27NO. The quantitative estimate of drug-likeness (QED) is 0.867. The van der Waals surface area contributed by atoms with Gasteiger partial charge < -0.3 is 10.8 Å². The van der Waals surface area contributed by atoms with Crippen LogP contribution in [0.2, 0.25) is 0 Å². The van der Waals surface area contributed by atoms with Crippen molar-refractivity contribution in [3.8, 4) is 5.75 Å². The van der Waals surface area contributed by atoms with Gasteiger partial charge in [0.15, 0.2) is 0 Å². The number of benzene rings is 1. The van der Waals surface area contributed by atoms with E-state index in [0.29, 0.717) is 11.7 Å². The molecule has 1 saturated carbocycles. The first-order valence-electron chi connectivity index (χ1n) is 7.59. The smallest absolute Gasteiger partial charge is 0.115 e. The van der Waals surface area contributed by atoms with Crippen LogP contribution in [0.3, 0.4) is 0 Å². The van der Waals surface area contributed by atoms with Gasteiger partial charge in [0.2, 0.25) is 0 Å². The van der Waals surface area contributed by atoms with Gasteiger partial charge >= 0.3 is 0 Å². The van der Waals surface area contributed by atoms with Gasteiger partial charge in [0.1, 0.15) is 5.75 Å². The molecule has 1 atom stereocenters. The van der Waals surface area contributed by atoms with Gasteiger partial charge in [-0.05, 0) is 67.6 Å². The molecule has 2 rings (SSSR count). The van der Waals surface area contributed by atoms with Gasteiger partial charge in [-0.2, -0.15) is 0 Å². The fraction of sp³-hybridized carbons (Fsp3) is 0.647. The first kappa shape index (κ1) is 14.4. The van der Waals surface area contributed by atoms with Crippen LogP contribution in [0.25, 0.3) is 0 Å². The lowest BCUT2D eigenvalue weighted by molar-refractivity contribution is 0.202. The predicted molar refractivity (Wildman–Crippen MR) is 80.1 cm³/mol. The van der Waals surface area contributed by atoms with Crippen molar-refractivity contribution in [3.63, 3.8) is 0 Å². The van der Waals surface area contributed by atoms with Crippen molar-refractivity contribution in [2.24, 2.45) is 23.5 Å². The maximum atomic E-state index is 9.49. The molecule has 0 aromatic heterocycles. The molecule has 1 fully saturated rings. The minimum Gasteiger partial charge on any atom is -0.508 e. The second-order valence-corrected chi connectivity index (χ2v) is 6.46. The Kier molecular flexibility index (Phi) is 4.87. The number of phenols is 1. The molecule has 3 N–H and O–H groups in total. The van der Waals surface area contributed by atoms with Gasteiger partial charge in [0.05, 0.1) is 0 Å². The standard InChI is InChI=1S/C17H27NO/c1-12(2)14-6-8-15(9-7-14)17(18)11-13-4-3-5-16(19)10-13/h3-5,10,12,14-15,17,19H,6-9,11,18H2,1-2H3. The van der Waals surface area contributed by atoms with Gasteiger partial charge in [-0.15, -0.1) is 0 Å². The summed E-state index contributed by atoms with van der Waals surface area (Å²) in [4.78, 5) is 0. The van der Waals surface area contributed by atoms with Crippen LogP contribution in [-0.4, -0.2) is 11.1 Å². The minimum absolute atomic E-state index is 0.231. The molecule has 19 heavy (non-hydrogen) atoms. The van der Waals surface area contributed by atoms with E-state index in [0.717, 1.165) is 23.8 Å². The normalized spacial score (nSPS) is 25.5.